The van der Waals surface area contributed by atoms with Gasteiger partial charge in [-0.15, -0.1) is 0 Å². The minimum atomic E-state index is -0.684. The average molecular weight is 441 g/mol. The highest BCUT2D eigenvalue weighted by atomic mass is 35.5. The van der Waals surface area contributed by atoms with Gasteiger partial charge in [-0.05, 0) is 66.6 Å². The minimum absolute atomic E-state index is 0.0993. The van der Waals surface area contributed by atoms with Crippen LogP contribution in [0, 0.1) is 12.7 Å². The molecule has 0 radical (unpaired) electrons. The van der Waals surface area contributed by atoms with Crippen LogP contribution >= 0.6 is 11.6 Å². The number of esters is 1. The highest BCUT2D eigenvalue weighted by Crippen LogP contribution is 2.21. The smallest absolute Gasteiger partial charge is 0.343 e. The second-order valence-corrected chi connectivity index (χ2v) is 6.87. The molecule has 3 aromatic carbocycles. The Labute approximate surface area is 183 Å². The van der Waals surface area contributed by atoms with E-state index in [1.54, 1.807) is 42.5 Å². The summed E-state index contributed by atoms with van der Waals surface area (Å²) in [6, 6.07) is 16.8. The molecule has 0 saturated carbocycles. The number of hydrogen-bond acceptors (Lipinski definition) is 5. The second-order valence-electron chi connectivity index (χ2n) is 6.47. The number of rotatable bonds is 7. The number of nitrogens with one attached hydrogen (secondary N) is 1. The molecule has 0 aromatic heterocycles. The van der Waals surface area contributed by atoms with Gasteiger partial charge in [0, 0.05) is 5.02 Å². The van der Waals surface area contributed by atoms with E-state index in [9.17, 15) is 14.0 Å². The molecule has 8 heteroatoms. The molecule has 1 amide bonds. The van der Waals surface area contributed by atoms with Crippen molar-refractivity contribution in [3.8, 4) is 11.5 Å². The van der Waals surface area contributed by atoms with E-state index in [0.29, 0.717) is 16.3 Å². The molecule has 3 aromatic rings. The summed E-state index contributed by atoms with van der Waals surface area (Å²) in [6.07, 6.45) is 1.39. The molecular formula is C23H18ClFN2O4. The molecule has 0 fully saturated rings. The maximum Gasteiger partial charge on any atom is 0.343 e. The van der Waals surface area contributed by atoms with Crippen LogP contribution in [0.1, 0.15) is 21.5 Å². The molecule has 1 N–H and O–H groups in total. The van der Waals surface area contributed by atoms with E-state index in [1.807, 2.05) is 6.92 Å². The largest absolute Gasteiger partial charge is 0.484 e. The molecule has 0 bridgehead atoms. The Morgan fingerprint density at radius 1 is 1.06 bits per heavy atom. The minimum Gasteiger partial charge on any atom is -0.484 e. The van der Waals surface area contributed by atoms with Gasteiger partial charge >= 0.3 is 5.97 Å². The number of hydrogen-bond donors (Lipinski definition) is 1. The number of benzene rings is 3. The monoisotopic (exact) mass is 440 g/mol. The van der Waals surface area contributed by atoms with Crippen molar-refractivity contribution in [2.24, 2.45) is 5.10 Å². The first-order chi connectivity index (χ1) is 14.9. The summed E-state index contributed by atoms with van der Waals surface area (Å²) in [5, 5.41) is 4.48. The van der Waals surface area contributed by atoms with Crippen LogP contribution in [0.4, 0.5) is 4.39 Å². The molecule has 3 rings (SSSR count). The Bertz CT molecular complexity index is 1130. The lowest BCUT2D eigenvalue weighted by atomic mass is 10.2. The van der Waals surface area contributed by atoms with E-state index in [-0.39, 0.29) is 17.9 Å². The molecule has 0 unspecified atom stereocenters. The van der Waals surface area contributed by atoms with Gasteiger partial charge in [-0.2, -0.15) is 5.10 Å². The number of amides is 1. The number of carbonyl (C=O) groups excluding carboxylic acids is 2. The molecule has 0 aliphatic heterocycles. The fourth-order valence-electron chi connectivity index (χ4n) is 2.51. The topological polar surface area (TPSA) is 77.0 Å². The molecular weight excluding hydrogens is 423 g/mol. The van der Waals surface area contributed by atoms with Gasteiger partial charge in [0.15, 0.2) is 6.61 Å². The van der Waals surface area contributed by atoms with Crippen molar-refractivity contribution >= 4 is 29.7 Å². The first kappa shape index (κ1) is 22.0. The number of ether oxygens (including phenoxy) is 2. The lowest BCUT2D eigenvalue weighted by Gasteiger charge is -2.07. The second kappa shape index (κ2) is 10.4. The van der Waals surface area contributed by atoms with Crippen LogP contribution in [-0.2, 0) is 4.79 Å². The van der Waals surface area contributed by atoms with Gasteiger partial charge < -0.3 is 9.47 Å². The zero-order valence-corrected chi connectivity index (χ0v) is 17.2. The van der Waals surface area contributed by atoms with E-state index in [4.69, 9.17) is 21.1 Å². The van der Waals surface area contributed by atoms with Crippen molar-refractivity contribution in [1.82, 2.24) is 5.43 Å². The normalized spacial score (nSPS) is 10.7. The Hall–Kier alpha value is -3.71. The van der Waals surface area contributed by atoms with E-state index in [2.05, 4.69) is 10.5 Å². The molecule has 0 atom stereocenters. The first-order valence-corrected chi connectivity index (χ1v) is 9.57. The highest BCUT2D eigenvalue weighted by molar-refractivity contribution is 6.31. The maximum atomic E-state index is 13.2. The molecule has 0 spiro atoms. The predicted octanol–water partition coefficient (Wildman–Crippen LogP) is 4.54. The van der Waals surface area contributed by atoms with E-state index < -0.39 is 17.7 Å². The summed E-state index contributed by atoms with van der Waals surface area (Å²) >= 11 is 5.95. The fourth-order valence-corrected chi connectivity index (χ4v) is 2.62. The van der Waals surface area contributed by atoms with Gasteiger partial charge in [0.05, 0.1) is 11.8 Å². The lowest BCUT2D eigenvalue weighted by Crippen LogP contribution is -2.24. The van der Waals surface area contributed by atoms with Gasteiger partial charge in [-0.3, -0.25) is 4.79 Å². The summed E-state index contributed by atoms with van der Waals surface area (Å²) in [5.41, 5.74) is 3.87. The van der Waals surface area contributed by atoms with Gasteiger partial charge in [-0.1, -0.05) is 29.8 Å². The zero-order chi connectivity index (χ0) is 22.2. The van der Waals surface area contributed by atoms with Gasteiger partial charge in [0.25, 0.3) is 5.91 Å². The number of halogens is 2. The zero-order valence-electron chi connectivity index (χ0n) is 16.5. The summed E-state index contributed by atoms with van der Waals surface area (Å²) < 4.78 is 23.9. The Morgan fingerprint density at radius 2 is 1.87 bits per heavy atom. The van der Waals surface area contributed by atoms with Crippen LogP contribution < -0.4 is 14.9 Å². The van der Waals surface area contributed by atoms with E-state index >= 15 is 0 Å². The third-order valence-corrected chi connectivity index (χ3v) is 4.46. The Kier molecular flexibility index (Phi) is 7.35. The van der Waals surface area contributed by atoms with Crippen molar-refractivity contribution in [3.63, 3.8) is 0 Å². The molecule has 0 aliphatic rings. The molecule has 0 aliphatic carbocycles. The van der Waals surface area contributed by atoms with E-state index in [0.717, 1.165) is 11.6 Å². The molecule has 31 heavy (non-hydrogen) atoms. The van der Waals surface area contributed by atoms with Crippen molar-refractivity contribution in [2.45, 2.75) is 6.92 Å². The predicted molar refractivity (Wildman–Crippen MR) is 115 cm³/mol. The SMILES string of the molecule is Cc1cc(OCC(=O)N/N=C/c2cccc(OC(=O)c3cccc(F)c3)c2)ccc1Cl. The summed E-state index contributed by atoms with van der Waals surface area (Å²) in [4.78, 5) is 24.0. The third-order valence-electron chi connectivity index (χ3n) is 4.03. The van der Waals surface area contributed by atoms with Crippen molar-refractivity contribution < 1.29 is 23.5 Å². The quantitative estimate of drug-likeness (QED) is 0.253. The standard InChI is InChI=1S/C23H18ClFN2O4/c1-15-10-19(8-9-21(15)24)30-14-22(28)27-26-13-16-4-2-7-20(11-16)31-23(29)17-5-3-6-18(25)12-17/h2-13H,14H2,1H3,(H,27,28)/b26-13+. The van der Waals surface area contributed by atoms with Gasteiger partial charge in [0.2, 0.25) is 0 Å². The number of nitrogens with zero attached hydrogens (tertiary/aromatic N) is 1. The number of aryl methyl sites for hydroxylation is 1. The van der Waals surface area contributed by atoms with Crippen LogP contribution in [0.25, 0.3) is 0 Å². The molecule has 0 heterocycles. The number of hydrazone groups is 1. The van der Waals surface area contributed by atoms with Gasteiger partial charge in [-0.25, -0.2) is 14.6 Å². The molecule has 0 saturated heterocycles. The van der Waals surface area contributed by atoms with Crippen LogP contribution in [0.15, 0.2) is 71.8 Å². The van der Waals surface area contributed by atoms with Crippen molar-refractivity contribution in [2.75, 3.05) is 6.61 Å². The Morgan fingerprint density at radius 3 is 2.65 bits per heavy atom. The van der Waals surface area contributed by atoms with Gasteiger partial charge in [0.1, 0.15) is 17.3 Å². The Balaban J connectivity index is 1.52. The molecule has 6 nitrogen and oxygen atoms in total. The van der Waals surface area contributed by atoms with Crippen molar-refractivity contribution in [3.05, 3.63) is 94.3 Å². The van der Waals surface area contributed by atoms with Crippen LogP contribution in [0.5, 0.6) is 11.5 Å². The number of carbonyl (C=O) groups is 2. The third kappa shape index (κ3) is 6.65. The van der Waals surface area contributed by atoms with Crippen LogP contribution in [0.3, 0.4) is 0 Å². The van der Waals surface area contributed by atoms with Crippen LogP contribution in [-0.4, -0.2) is 24.7 Å². The lowest BCUT2D eigenvalue weighted by molar-refractivity contribution is -0.123. The average Bonchev–Trinajstić information content (AvgIpc) is 2.75. The maximum absolute atomic E-state index is 13.2. The first-order valence-electron chi connectivity index (χ1n) is 9.19. The highest BCUT2D eigenvalue weighted by Gasteiger charge is 2.09. The van der Waals surface area contributed by atoms with Crippen molar-refractivity contribution in [1.29, 1.82) is 0 Å². The summed E-state index contributed by atoms with van der Waals surface area (Å²) in [7, 11) is 0. The summed E-state index contributed by atoms with van der Waals surface area (Å²) in [5.74, 6) is -0.880. The van der Waals surface area contributed by atoms with Crippen LogP contribution in [0.2, 0.25) is 5.02 Å². The van der Waals surface area contributed by atoms with E-state index in [1.165, 1.54) is 24.4 Å². The fraction of sp³-hybridized carbons (Fsp3) is 0.0870. The molecule has 158 valence electrons. The summed E-state index contributed by atoms with van der Waals surface area (Å²) in [6.45, 7) is 1.62.